The molecule has 2 heterocycles. The van der Waals surface area contributed by atoms with Crippen molar-refractivity contribution >= 4 is 21.4 Å². The molecule has 0 spiro atoms. The van der Waals surface area contributed by atoms with Crippen LogP contribution in [0.25, 0.3) is 0 Å². The van der Waals surface area contributed by atoms with E-state index in [0.29, 0.717) is 6.42 Å². The van der Waals surface area contributed by atoms with Crippen molar-refractivity contribution in [3.8, 4) is 0 Å². The van der Waals surface area contributed by atoms with Crippen molar-refractivity contribution in [2.75, 3.05) is 0 Å². The number of rotatable bonds is 6. The SMILES string of the molecule is Cc1ccc(CC(C)NS(=O)(=O)c2ccc(CO)o2)s1. The van der Waals surface area contributed by atoms with Crippen LogP contribution in [0.15, 0.2) is 33.8 Å². The van der Waals surface area contributed by atoms with Crippen LogP contribution < -0.4 is 4.72 Å². The highest BCUT2D eigenvalue weighted by atomic mass is 32.2. The normalized spacial score (nSPS) is 13.6. The van der Waals surface area contributed by atoms with E-state index in [2.05, 4.69) is 4.72 Å². The molecule has 0 saturated heterocycles. The van der Waals surface area contributed by atoms with Crippen LogP contribution in [-0.2, 0) is 23.1 Å². The molecule has 110 valence electrons. The van der Waals surface area contributed by atoms with Gasteiger partial charge in [-0.05, 0) is 44.5 Å². The molecule has 0 bridgehead atoms. The Hall–Kier alpha value is -1.15. The molecular weight excluding hydrogens is 298 g/mol. The van der Waals surface area contributed by atoms with Crippen LogP contribution in [0.2, 0.25) is 0 Å². The Labute approximate surface area is 122 Å². The van der Waals surface area contributed by atoms with Gasteiger partial charge in [0.1, 0.15) is 12.4 Å². The molecule has 0 amide bonds. The third kappa shape index (κ3) is 3.69. The number of sulfonamides is 1. The highest BCUT2D eigenvalue weighted by Gasteiger charge is 2.21. The summed E-state index contributed by atoms with van der Waals surface area (Å²) in [6.07, 6.45) is 0.630. The summed E-state index contributed by atoms with van der Waals surface area (Å²) in [5, 5.41) is 8.72. The molecule has 7 heteroatoms. The first-order valence-corrected chi connectivity index (χ1v) is 8.48. The van der Waals surface area contributed by atoms with E-state index in [1.54, 1.807) is 11.3 Å². The van der Waals surface area contributed by atoms with Crippen molar-refractivity contribution < 1.29 is 17.9 Å². The monoisotopic (exact) mass is 315 g/mol. The summed E-state index contributed by atoms with van der Waals surface area (Å²) < 4.78 is 31.8. The van der Waals surface area contributed by atoms with Gasteiger partial charge in [-0.2, -0.15) is 0 Å². The standard InChI is InChI=1S/C13H17NO4S2/c1-9(7-12-5-3-10(2)19-12)14-20(16,17)13-6-4-11(8-15)18-13/h3-6,9,14-15H,7-8H2,1-2H3. The topological polar surface area (TPSA) is 79.5 Å². The van der Waals surface area contributed by atoms with E-state index < -0.39 is 10.0 Å². The molecule has 0 saturated carbocycles. The van der Waals surface area contributed by atoms with E-state index in [1.807, 2.05) is 26.0 Å². The molecule has 0 radical (unpaired) electrons. The first-order chi connectivity index (χ1) is 9.40. The summed E-state index contributed by atoms with van der Waals surface area (Å²) >= 11 is 1.65. The van der Waals surface area contributed by atoms with Crippen LogP contribution in [0.4, 0.5) is 0 Å². The number of hydrogen-bond acceptors (Lipinski definition) is 5. The molecule has 0 aliphatic carbocycles. The van der Waals surface area contributed by atoms with Crippen LogP contribution in [0.3, 0.4) is 0 Å². The second-order valence-corrected chi connectivity index (χ2v) is 7.64. The number of aliphatic hydroxyl groups excluding tert-OH is 1. The average Bonchev–Trinajstić information content (AvgIpc) is 2.97. The Morgan fingerprint density at radius 3 is 2.65 bits per heavy atom. The van der Waals surface area contributed by atoms with Gasteiger partial charge in [0, 0.05) is 15.8 Å². The van der Waals surface area contributed by atoms with E-state index in [9.17, 15) is 8.42 Å². The lowest BCUT2D eigenvalue weighted by Gasteiger charge is -2.11. The zero-order valence-corrected chi connectivity index (χ0v) is 12.9. The molecule has 5 nitrogen and oxygen atoms in total. The Balaban J connectivity index is 2.04. The summed E-state index contributed by atoms with van der Waals surface area (Å²) in [6.45, 7) is 3.50. The smallest absolute Gasteiger partial charge is 0.274 e. The van der Waals surface area contributed by atoms with Gasteiger partial charge in [-0.1, -0.05) is 0 Å². The molecule has 0 aliphatic rings. The zero-order chi connectivity index (χ0) is 14.8. The fourth-order valence-electron chi connectivity index (χ4n) is 1.85. The largest absolute Gasteiger partial charge is 0.446 e. The summed E-state index contributed by atoms with van der Waals surface area (Å²) in [4.78, 5) is 2.34. The molecule has 20 heavy (non-hydrogen) atoms. The Morgan fingerprint density at radius 1 is 1.35 bits per heavy atom. The lowest BCUT2D eigenvalue weighted by molar-refractivity contribution is 0.236. The minimum atomic E-state index is -3.69. The third-order valence-corrected chi connectivity index (χ3v) is 5.20. The van der Waals surface area contributed by atoms with Gasteiger partial charge in [0.15, 0.2) is 0 Å². The van der Waals surface area contributed by atoms with Gasteiger partial charge in [0.05, 0.1) is 0 Å². The van der Waals surface area contributed by atoms with E-state index >= 15 is 0 Å². The van der Waals surface area contributed by atoms with Crippen LogP contribution in [0.5, 0.6) is 0 Å². The van der Waals surface area contributed by atoms with Crippen LogP contribution in [0, 0.1) is 6.92 Å². The van der Waals surface area contributed by atoms with E-state index in [1.165, 1.54) is 17.0 Å². The number of nitrogens with one attached hydrogen (secondary N) is 1. The minimum Gasteiger partial charge on any atom is -0.446 e. The van der Waals surface area contributed by atoms with Crippen molar-refractivity contribution in [3.05, 3.63) is 39.8 Å². The quantitative estimate of drug-likeness (QED) is 0.855. The molecule has 0 aliphatic heterocycles. The van der Waals surface area contributed by atoms with Crippen molar-refractivity contribution in [1.82, 2.24) is 4.72 Å². The van der Waals surface area contributed by atoms with Crippen molar-refractivity contribution in [1.29, 1.82) is 0 Å². The van der Waals surface area contributed by atoms with Crippen LogP contribution in [-0.4, -0.2) is 19.6 Å². The first-order valence-electron chi connectivity index (χ1n) is 6.18. The number of thiophene rings is 1. The maximum atomic E-state index is 12.1. The van der Waals surface area contributed by atoms with Crippen LogP contribution in [0.1, 0.15) is 22.4 Å². The third-order valence-electron chi connectivity index (χ3n) is 2.72. The Morgan fingerprint density at radius 2 is 2.10 bits per heavy atom. The molecule has 2 aromatic heterocycles. The van der Waals surface area contributed by atoms with Gasteiger partial charge in [-0.25, -0.2) is 13.1 Å². The minimum absolute atomic E-state index is 0.171. The molecule has 2 aromatic rings. The molecular formula is C13H17NO4S2. The van der Waals surface area contributed by atoms with Crippen molar-refractivity contribution in [2.24, 2.45) is 0 Å². The highest BCUT2D eigenvalue weighted by Crippen LogP contribution is 2.18. The summed E-state index contributed by atoms with van der Waals surface area (Å²) in [7, 11) is -3.69. The van der Waals surface area contributed by atoms with E-state index in [0.717, 1.165) is 4.88 Å². The van der Waals surface area contributed by atoms with Gasteiger partial charge in [0.2, 0.25) is 5.09 Å². The fourth-order valence-corrected chi connectivity index (χ4v) is 4.06. The van der Waals surface area contributed by atoms with Gasteiger partial charge >= 0.3 is 0 Å². The van der Waals surface area contributed by atoms with E-state index in [4.69, 9.17) is 9.52 Å². The molecule has 0 fully saturated rings. The summed E-state index contributed by atoms with van der Waals surface area (Å²) in [5.41, 5.74) is 0. The summed E-state index contributed by atoms with van der Waals surface area (Å²) in [5.74, 6) is 0.229. The predicted octanol–water partition coefficient (Wildman–Crippen LogP) is 2.05. The number of furan rings is 1. The van der Waals surface area contributed by atoms with Gasteiger partial charge in [0.25, 0.3) is 10.0 Å². The average molecular weight is 315 g/mol. The number of aliphatic hydroxyl groups is 1. The molecule has 2 N–H and O–H groups in total. The zero-order valence-electron chi connectivity index (χ0n) is 11.3. The van der Waals surface area contributed by atoms with E-state index in [-0.39, 0.29) is 23.5 Å². The maximum absolute atomic E-state index is 12.1. The molecule has 1 atom stereocenters. The Kier molecular flexibility index (Phi) is 4.64. The van der Waals surface area contributed by atoms with Crippen molar-refractivity contribution in [2.45, 2.75) is 38.0 Å². The highest BCUT2D eigenvalue weighted by molar-refractivity contribution is 7.89. The lowest BCUT2D eigenvalue weighted by Crippen LogP contribution is -2.33. The van der Waals surface area contributed by atoms with Crippen LogP contribution >= 0.6 is 11.3 Å². The first kappa shape index (κ1) is 15.2. The second-order valence-electron chi connectivity index (χ2n) is 4.62. The molecule has 0 aromatic carbocycles. The number of hydrogen-bond donors (Lipinski definition) is 2. The lowest BCUT2D eigenvalue weighted by atomic mass is 10.2. The van der Waals surface area contributed by atoms with Gasteiger partial charge < -0.3 is 9.52 Å². The summed E-state index contributed by atoms with van der Waals surface area (Å²) in [6, 6.07) is 6.57. The van der Waals surface area contributed by atoms with Crippen molar-refractivity contribution in [3.63, 3.8) is 0 Å². The predicted molar refractivity (Wildman–Crippen MR) is 77.2 cm³/mol. The fraction of sp³-hybridized carbons (Fsp3) is 0.385. The van der Waals surface area contributed by atoms with Gasteiger partial charge in [-0.15, -0.1) is 11.3 Å². The Bertz CT molecular complexity index is 672. The number of aryl methyl sites for hydroxylation is 1. The maximum Gasteiger partial charge on any atom is 0.274 e. The van der Waals surface area contributed by atoms with Gasteiger partial charge in [-0.3, -0.25) is 0 Å². The second kappa shape index (κ2) is 6.09. The molecule has 1 unspecified atom stereocenters. The molecule has 2 rings (SSSR count).